The summed E-state index contributed by atoms with van der Waals surface area (Å²) in [5, 5.41) is 2.71. The van der Waals surface area contributed by atoms with Gasteiger partial charge in [-0.1, -0.05) is 18.2 Å². The van der Waals surface area contributed by atoms with E-state index in [0.29, 0.717) is 19.5 Å². The Labute approximate surface area is 129 Å². The van der Waals surface area contributed by atoms with Crippen LogP contribution in [0.4, 0.5) is 5.69 Å². The molecule has 3 rings (SSSR count). The van der Waals surface area contributed by atoms with E-state index >= 15 is 0 Å². The second-order valence-electron chi connectivity index (χ2n) is 5.41. The molecule has 0 saturated carbocycles. The summed E-state index contributed by atoms with van der Waals surface area (Å²) in [5.41, 5.74) is 3.78. The lowest BCUT2D eigenvalue weighted by Crippen LogP contribution is -2.26. The SMILES string of the molecule is CC(=O)Nc1ccc(CC(=O)N2Cc3cccnc3C2)cc1. The molecule has 1 aliphatic heterocycles. The number of hydrogen-bond acceptors (Lipinski definition) is 3. The van der Waals surface area contributed by atoms with Crippen molar-refractivity contribution in [3.8, 4) is 0 Å². The molecule has 0 bridgehead atoms. The fourth-order valence-electron chi connectivity index (χ4n) is 2.57. The summed E-state index contributed by atoms with van der Waals surface area (Å²) in [5.74, 6) is -0.0172. The van der Waals surface area contributed by atoms with Crippen LogP contribution in [0.3, 0.4) is 0 Å². The Morgan fingerprint density at radius 3 is 2.64 bits per heavy atom. The van der Waals surface area contributed by atoms with Gasteiger partial charge in [0.15, 0.2) is 0 Å². The van der Waals surface area contributed by atoms with Crippen molar-refractivity contribution in [2.75, 3.05) is 5.32 Å². The molecule has 1 aromatic heterocycles. The number of nitrogens with one attached hydrogen (secondary N) is 1. The quantitative estimate of drug-likeness (QED) is 0.943. The number of pyridine rings is 1. The number of rotatable bonds is 3. The minimum absolute atomic E-state index is 0.0882. The van der Waals surface area contributed by atoms with Crippen molar-refractivity contribution < 1.29 is 9.59 Å². The Hall–Kier alpha value is -2.69. The molecular formula is C17H17N3O2. The molecule has 22 heavy (non-hydrogen) atoms. The normalized spacial score (nSPS) is 12.9. The van der Waals surface area contributed by atoms with Crippen LogP contribution in [-0.4, -0.2) is 21.7 Å². The lowest BCUT2D eigenvalue weighted by Gasteiger charge is -2.15. The van der Waals surface area contributed by atoms with Crippen molar-refractivity contribution >= 4 is 17.5 Å². The Bertz CT molecular complexity index is 685. The van der Waals surface area contributed by atoms with Crippen LogP contribution < -0.4 is 5.32 Å². The van der Waals surface area contributed by atoms with Crippen molar-refractivity contribution in [3.63, 3.8) is 0 Å². The van der Waals surface area contributed by atoms with Crippen LogP contribution in [-0.2, 0) is 29.1 Å². The number of nitrogens with zero attached hydrogens (tertiary/aromatic N) is 2. The average Bonchev–Trinajstić information content (AvgIpc) is 2.93. The fourth-order valence-corrected chi connectivity index (χ4v) is 2.57. The number of anilines is 1. The Balaban J connectivity index is 1.62. The first kappa shape index (κ1) is 14.3. The molecule has 5 nitrogen and oxygen atoms in total. The first-order valence-corrected chi connectivity index (χ1v) is 7.19. The molecule has 1 aliphatic rings. The van der Waals surface area contributed by atoms with Gasteiger partial charge in [0.1, 0.15) is 0 Å². The summed E-state index contributed by atoms with van der Waals surface area (Å²) in [4.78, 5) is 29.5. The van der Waals surface area contributed by atoms with Crippen LogP contribution in [0, 0.1) is 0 Å². The summed E-state index contributed by atoms with van der Waals surface area (Å²) in [7, 11) is 0. The summed E-state index contributed by atoms with van der Waals surface area (Å²) in [6, 6.07) is 11.3. The molecule has 2 aromatic rings. The van der Waals surface area contributed by atoms with Crippen molar-refractivity contribution in [1.82, 2.24) is 9.88 Å². The smallest absolute Gasteiger partial charge is 0.227 e. The van der Waals surface area contributed by atoms with E-state index in [1.54, 1.807) is 6.20 Å². The predicted octanol–water partition coefficient (Wildman–Crippen LogP) is 2.12. The van der Waals surface area contributed by atoms with Crippen molar-refractivity contribution in [2.45, 2.75) is 26.4 Å². The number of benzene rings is 1. The number of carbonyl (C=O) groups excluding carboxylic acids is 2. The maximum Gasteiger partial charge on any atom is 0.227 e. The number of amides is 2. The van der Waals surface area contributed by atoms with Gasteiger partial charge < -0.3 is 10.2 Å². The van der Waals surface area contributed by atoms with Gasteiger partial charge in [0, 0.05) is 25.4 Å². The van der Waals surface area contributed by atoms with Crippen LogP contribution in [0.2, 0.25) is 0 Å². The molecule has 1 N–H and O–H groups in total. The van der Waals surface area contributed by atoms with Gasteiger partial charge in [-0.2, -0.15) is 0 Å². The average molecular weight is 295 g/mol. The molecule has 0 saturated heterocycles. The lowest BCUT2D eigenvalue weighted by molar-refractivity contribution is -0.131. The number of hydrogen-bond donors (Lipinski definition) is 1. The van der Waals surface area contributed by atoms with Crippen LogP contribution in [0.5, 0.6) is 0 Å². The Morgan fingerprint density at radius 2 is 1.95 bits per heavy atom. The van der Waals surface area contributed by atoms with Gasteiger partial charge >= 0.3 is 0 Å². The zero-order valence-corrected chi connectivity index (χ0v) is 12.4. The van der Waals surface area contributed by atoms with Gasteiger partial charge in [-0.25, -0.2) is 0 Å². The summed E-state index contributed by atoms with van der Waals surface area (Å²) >= 11 is 0. The molecule has 2 heterocycles. The highest BCUT2D eigenvalue weighted by molar-refractivity contribution is 5.88. The largest absolute Gasteiger partial charge is 0.332 e. The Morgan fingerprint density at radius 1 is 1.18 bits per heavy atom. The first-order chi connectivity index (χ1) is 10.6. The van der Waals surface area contributed by atoms with E-state index in [-0.39, 0.29) is 11.8 Å². The molecule has 0 unspecified atom stereocenters. The third-order valence-electron chi connectivity index (χ3n) is 3.67. The minimum atomic E-state index is -0.105. The van der Waals surface area contributed by atoms with Gasteiger partial charge in [-0.3, -0.25) is 14.6 Å². The molecule has 0 radical (unpaired) electrons. The molecule has 1 aromatic carbocycles. The maximum absolute atomic E-state index is 12.4. The van der Waals surface area contributed by atoms with Gasteiger partial charge in [0.05, 0.1) is 18.7 Å². The van der Waals surface area contributed by atoms with E-state index < -0.39 is 0 Å². The standard InChI is InChI=1S/C17H17N3O2/c1-12(21)19-15-6-4-13(5-7-15)9-17(22)20-10-14-3-2-8-18-16(14)11-20/h2-8H,9-11H2,1H3,(H,19,21). The summed E-state index contributed by atoms with van der Waals surface area (Å²) in [6.07, 6.45) is 2.11. The molecule has 112 valence electrons. The number of carbonyl (C=O) groups is 2. The molecule has 0 aliphatic carbocycles. The first-order valence-electron chi connectivity index (χ1n) is 7.19. The molecule has 5 heteroatoms. The summed E-state index contributed by atoms with van der Waals surface area (Å²) in [6.45, 7) is 2.68. The van der Waals surface area contributed by atoms with Crippen LogP contribution in [0.1, 0.15) is 23.7 Å². The van der Waals surface area contributed by atoms with Gasteiger partial charge in [-0.15, -0.1) is 0 Å². The van der Waals surface area contributed by atoms with Gasteiger partial charge in [0.2, 0.25) is 11.8 Å². The second kappa shape index (κ2) is 5.97. The Kier molecular flexibility index (Phi) is 3.87. The van der Waals surface area contributed by atoms with Gasteiger partial charge in [-0.05, 0) is 29.3 Å². The van der Waals surface area contributed by atoms with E-state index in [1.807, 2.05) is 41.3 Å². The van der Waals surface area contributed by atoms with Crippen molar-refractivity contribution in [1.29, 1.82) is 0 Å². The molecular weight excluding hydrogens is 278 g/mol. The van der Waals surface area contributed by atoms with Crippen LogP contribution in [0.15, 0.2) is 42.6 Å². The predicted molar refractivity (Wildman–Crippen MR) is 82.9 cm³/mol. The third kappa shape index (κ3) is 3.14. The second-order valence-corrected chi connectivity index (χ2v) is 5.41. The van der Waals surface area contributed by atoms with E-state index in [9.17, 15) is 9.59 Å². The number of aromatic nitrogens is 1. The van der Waals surface area contributed by atoms with E-state index in [4.69, 9.17) is 0 Å². The lowest BCUT2D eigenvalue weighted by atomic mass is 10.1. The zero-order chi connectivity index (χ0) is 15.5. The highest BCUT2D eigenvalue weighted by Gasteiger charge is 2.23. The third-order valence-corrected chi connectivity index (χ3v) is 3.67. The van der Waals surface area contributed by atoms with E-state index in [0.717, 1.165) is 22.5 Å². The topological polar surface area (TPSA) is 62.3 Å². The van der Waals surface area contributed by atoms with Crippen LogP contribution >= 0.6 is 0 Å². The highest BCUT2D eigenvalue weighted by Crippen LogP contribution is 2.21. The zero-order valence-electron chi connectivity index (χ0n) is 12.4. The van der Waals surface area contributed by atoms with E-state index in [1.165, 1.54) is 6.92 Å². The van der Waals surface area contributed by atoms with E-state index in [2.05, 4.69) is 10.3 Å². The van der Waals surface area contributed by atoms with Crippen molar-refractivity contribution in [2.24, 2.45) is 0 Å². The van der Waals surface area contributed by atoms with Crippen molar-refractivity contribution in [3.05, 3.63) is 59.4 Å². The summed E-state index contributed by atoms with van der Waals surface area (Å²) < 4.78 is 0. The van der Waals surface area contributed by atoms with Gasteiger partial charge in [0.25, 0.3) is 0 Å². The van der Waals surface area contributed by atoms with Crippen LogP contribution in [0.25, 0.3) is 0 Å². The number of fused-ring (bicyclic) bond motifs is 1. The molecule has 2 amide bonds. The fraction of sp³-hybridized carbons (Fsp3) is 0.235. The maximum atomic E-state index is 12.4. The molecule has 0 spiro atoms. The highest BCUT2D eigenvalue weighted by atomic mass is 16.2. The minimum Gasteiger partial charge on any atom is -0.332 e. The molecule has 0 atom stereocenters. The monoisotopic (exact) mass is 295 g/mol. The molecule has 0 fully saturated rings.